The van der Waals surface area contributed by atoms with Gasteiger partial charge < -0.3 is 5.32 Å². The standard InChI is InChI=1S/C14H14N2/c1-14(2)10-6-3-4-8-12(10)16-13-11(14)7-5-9-15-13/h3-9H,1-2H3,(H,15,16). The third kappa shape index (κ3) is 1.16. The summed E-state index contributed by atoms with van der Waals surface area (Å²) < 4.78 is 0. The first-order chi connectivity index (χ1) is 7.69. The van der Waals surface area contributed by atoms with Gasteiger partial charge in [-0.2, -0.15) is 0 Å². The number of pyridine rings is 1. The summed E-state index contributed by atoms with van der Waals surface area (Å²) in [5.74, 6) is 0.978. The van der Waals surface area contributed by atoms with Crippen molar-refractivity contribution < 1.29 is 0 Å². The monoisotopic (exact) mass is 210 g/mol. The Kier molecular flexibility index (Phi) is 1.81. The van der Waals surface area contributed by atoms with Crippen LogP contribution in [0.1, 0.15) is 25.0 Å². The maximum Gasteiger partial charge on any atom is 0.134 e. The van der Waals surface area contributed by atoms with E-state index in [4.69, 9.17) is 0 Å². The molecule has 0 bridgehead atoms. The van der Waals surface area contributed by atoms with Crippen molar-refractivity contribution in [1.82, 2.24) is 4.98 Å². The predicted molar refractivity (Wildman–Crippen MR) is 66.1 cm³/mol. The highest BCUT2D eigenvalue weighted by molar-refractivity contribution is 5.72. The van der Waals surface area contributed by atoms with E-state index in [2.05, 4.69) is 54.5 Å². The van der Waals surface area contributed by atoms with Crippen LogP contribution in [0.15, 0.2) is 42.6 Å². The van der Waals surface area contributed by atoms with Crippen molar-refractivity contribution in [1.29, 1.82) is 0 Å². The largest absolute Gasteiger partial charge is 0.340 e. The molecule has 0 spiro atoms. The molecule has 0 amide bonds. The Labute approximate surface area is 95.3 Å². The van der Waals surface area contributed by atoms with E-state index in [9.17, 15) is 0 Å². The average molecular weight is 210 g/mol. The van der Waals surface area contributed by atoms with Gasteiger partial charge in [0.05, 0.1) is 0 Å². The molecular formula is C14H14N2. The minimum absolute atomic E-state index is 0.0193. The van der Waals surface area contributed by atoms with Crippen molar-refractivity contribution in [3.8, 4) is 0 Å². The molecule has 3 rings (SSSR count). The molecule has 0 atom stereocenters. The molecule has 1 aromatic heterocycles. The Morgan fingerprint density at radius 3 is 2.62 bits per heavy atom. The first-order valence-electron chi connectivity index (χ1n) is 5.51. The zero-order valence-electron chi connectivity index (χ0n) is 9.49. The molecule has 1 aliphatic heterocycles. The molecule has 0 saturated heterocycles. The number of nitrogens with one attached hydrogen (secondary N) is 1. The molecule has 0 radical (unpaired) electrons. The fourth-order valence-corrected chi connectivity index (χ4v) is 2.42. The highest BCUT2D eigenvalue weighted by Crippen LogP contribution is 2.43. The van der Waals surface area contributed by atoms with Crippen LogP contribution in [0.3, 0.4) is 0 Å². The van der Waals surface area contributed by atoms with Gasteiger partial charge in [-0.3, -0.25) is 0 Å². The SMILES string of the molecule is CC1(C)c2ccccc2Nc2ncccc21. The summed E-state index contributed by atoms with van der Waals surface area (Å²) >= 11 is 0. The third-order valence-corrected chi connectivity index (χ3v) is 3.33. The number of fused-ring (bicyclic) bond motifs is 2. The molecule has 2 aromatic rings. The van der Waals surface area contributed by atoms with Crippen LogP contribution < -0.4 is 5.32 Å². The molecular weight excluding hydrogens is 196 g/mol. The van der Waals surface area contributed by atoms with Crippen LogP contribution in [0.25, 0.3) is 0 Å². The number of nitrogens with zero attached hydrogens (tertiary/aromatic N) is 1. The lowest BCUT2D eigenvalue weighted by atomic mass is 9.75. The van der Waals surface area contributed by atoms with Gasteiger partial charge in [0.15, 0.2) is 0 Å². The van der Waals surface area contributed by atoms with Gasteiger partial charge in [0.2, 0.25) is 0 Å². The van der Waals surface area contributed by atoms with E-state index in [0.717, 1.165) is 5.82 Å². The highest BCUT2D eigenvalue weighted by atomic mass is 15.0. The fourth-order valence-electron chi connectivity index (χ4n) is 2.42. The van der Waals surface area contributed by atoms with Crippen LogP contribution >= 0.6 is 0 Å². The molecule has 16 heavy (non-hydrogen) atoms. The second-order valence-electron chi connectivity index (χ2n) is 4.70. The van der Waals surface area contributed by atoms with Gasteiger partial charge in [-0.1, -0.05) is 38.1 Å². The van der Waals surface area contributed by atoms with Gasteiger partial charge >= 0.3 is 0 Å². The second-order valence-corrected chi connectivity index (χ2v) is 4.70. The second kappa shape index (κ2) is 3.08. The zero-order valence-corrected chi connectivity index (χ0v) is 9.49. The fraction of sp³-hybridized carbons (Fsp3) is 0.214. The van der Waals surface area contributed by atoms with Crippen molar-refractivity contribution in [3.05, 3.63) is 53.7 Å². The molecule has 0 aliphatic carbocycles. The summed E-state index contributed by atoms with van der Waals surface area (Å²) in [6.07, 6.45) is 1.83. The number of anilines is 2. The molecule has 0 saturated carbocycles. The minimum atomic E-state index is 0.0193. The van der Waals surface area contributed by atoms with Crippen molar-refractivity contribution in [2.24, 2.45) is 0 Å². The molecule has 80 valence electrons. The van der Waals surface area contributed by atoms with E-state index < -0.39 is 0 Å². The Hall–Kier alpha value is -1.83. The number of para-hydroxylation sites is 1. The Balaban J connectivity index is 2.28. The van der Waals surface area contributed by atoms with Gasteiger partial charge in [-0.05, 0) is 17.7 Å². The van der Waals surface area contributed by atoms with Gasteiger partial charge in [0.25, 0.3) is 0 Å². The maximum atomic E-state index is 4.40. The van der Waals surface area contributed by atoms with Crippen LogP contribution in [0.5, 0.6) is 0 Å². The molecule has 1 aliphatic rings. The van der Waals surface area contributed by atoms with Crippen LogP contribution in [0, 0.1) is 0 Å². The lowest BCUT2D eigenvalue weighted by molar-refractivity contribution is 0.634. The van der Waals surface area contributed by atoms with Crippen LogP contribution in [0.2, 0.25) is 0 Å². The molecule has 1 aromatic carbocycles. The Bertz CT molecular complexity index is 496. The lowest BCUT2D eigenvalue weighted by Gasteiger charge is -2.34. The summed E-state index contributed by atoms with van der Waals surface area (Å²) in [5, 5.41) is 3.38. The van der Waals surface area contributed by atoms with E-state index in [1.54, 1.807) is 0 Å². The first kappa shape index (κ1) is 9.40. The quantitative estimate of drug-likeness (QED) is 0.720. The number of rotatable bonds is 0. The van der Waals surface area contributed by atoms with Crippen LogP contribution in [-0.2, 0) is 5.41 Å². The third-order valence-electron chi connectivity index (χ3n) is 3.33. The molecule has 0 fully saturated rings. The van der Waals surface area contributed by atoms with E-state index in [0.29, 0.717) is 0 Å². The number of benzene rings is 1. The summed E-state index contributed by atoms with van der Waals surface area (Å²) in [5.41, 5.74) is 3.77. The molecule has 2 heteroatoms. The molecule has 0 unspecified atom stereocenters. The Morgan fingerprint density at radius 1 is 1.00 bits per heavy atom. The van der Waals surface area contributed by atoms with Crippen LogP contribution in [-0.4, -0.2) is 4.98 Å². The van der Waals surface area contributed by atoms with Gasteiger partial charge in [-0.25, -0.2) is 4.98 Å². The normalized spacial score (nSPS) is 15.9. The van der Waals surface area contributed by atoms with E-state index in [1.165, 1.54) is 16.8 Å². The highest BCUT2D eigenvalue weighted by Gasteiger charge is 2.32. The smallest absolute Gasteiger partial charge is 0.134 e. The van der Waals surface area contributed by atoms with Crippen molar-refractivity contribution in [3.63, 3.8) is 0 Å². The molecule has 2 heterocycles. The summed E-state index contributed by atoms with van der Waals surface area (Å²) in [7, 11) is 0. The van der Waals surface area contributed by atoms with Gasteiger partial charge in [-0.15, -0.1) is 0 Å². The van der Waals surface area contributed by atoms with Crippen molar-refractivity contribution in [2.75, 3.05) is 5.32 Å². The van der Waals surface area contributed by atoms with Crippen LogP contribution in [0.4, 0.5) is 11.5 Å². The molecule has 2 nitrogen and oxygen atoms in total. The number of hydrogen-bond donors (Lipinski definition) is 1. The lowest BCUT2D eigenvalue weighted by Crippen LogP contribution is -2.26. The predicted octanol–water partition coefficient (Wildman–Crippen LogP) is 3.46. The van der Waals surface area contributed by atoms with Gasteiger partial charge in [0.1, 0.15) is 5.82 Å². The number of aromatic nitrogens is 1. The van der Waals surface area contributed by atoms with Crippen molar-refractivity contribution >= 4 is 11.5 Å². The van der Waals surface area contributed by atoms with E-state index >= 15 is 0 Å². The average Bonchev–Trinajstić information content (AvgIpc) is 2.29. The minimum Gasteiger partial charge on any atom is -0.340 e. The van der Waals surface area contributed by atoms with E-state index in [1.807, 2.05) is 12.3 Å². The molecule has 1 N–H and O–H groups in total. The van der Waals surface area contributed by atoms with Gasteiger partial charge in [0, 0.05) is 22.9 Å². The topological polar surface area (TPSA) is 24.9 Å². The Morgan fingerprint density at radius 2 is 1.75 bits per heavy atom. The zero-order chi connectivity index (χ0) is 11.2. The maximum absolute atomic E-state index is 4.40. The summed E-state index contributed by atoms with van der Waals surface area (Å²) in [6.45, 7) is 4.49. The van der Waals surface area contributed by atoms with Crippen molar-refractivity contribution in [2.45, 2.75) is 19.3 Å². The summed E-state index contributed by atoms with van der Waals surface area (Å²) in [6, 6.07) is 12.6. The number of hydrogen-bond acceptors (Lipinski definition) is 2. The first-order valence-corrected chi connectivity index (χ1v) is 5.51. The van der Waals surface area contributed by atoms with E-state index in [-0.39, 0.29) is 5.41 Å². The summed E-state index contributed by atoms with van der Waals surface area (Å²) in [4.78, 5) is 4.40.